The molecule has 2 amide bonds. The summed E-state index contributed by atoms with van der Waals surface area (Å²) in [5, 5.41) is 5.60. The molecule has 6 nitrogen and oxygen atoms in total. The molecule has 0 radical (unpaired) electrons. The Hall–Kier alpha value is -2.03. The van der Waals surface area contributed by atoms with Gasteiger partial charge in [-0.2, -0.15) is 0 Å². The Balaban J connectivity index is 1.67. The molecule has 3 N–H and O–H groups in total. The van der Waals surface area contributed by atoms with Gasteiger partial charge in [-0.25, -0.2) is 17.9 Å². The van der Waals surface area contributed by atoms with Crippen LogP contribution in [0.15, 0.2) is 59.5 Å². The van der Waals surface area contributed by atoms with Crippen LogP contribution in [-0.2, 0) is 22.3 Å². The number of sulfonamides is 1. The minimum absolute atomic E-state index is 0.0588. The van der Waals surface area contributed by atoms with Crippen LogP contribution in [0.4, 0.5) is 4.79 Å². The molecule has 0 saturated carbocycles. The molecule has 0 atom stereocenters. The molecule has 26 heavy (non-hydrogen) atoms. The highest BCUT2D eigenvalue weighted by Crippen LogP contribution is 2.15. The normalized spacial score (nSPS) is 11.1. The van der Waals surface area contributed by atoms with E-state index in [0.29, 0.717) is 18.7 Å². The molecule has 0 heterocycles. The van der Waals surface area contributed by atoms with Crippen LogP contribution < -0.4 is 15.4 Å². The average molecular weight is 394 g/mol. The molecular formula is C18H23N3O3S2. The number of nitrogens with one attached hydrogen (secondary N) is 3. The maximum absolute atomic E-state index is 11.8. The highest BCUT2D eigenvalue weighted by Gasteiger charge is 2.08. The topological polar surface area (TPSA) is 87.3 Å². The Kier molecular flexibility index (Phi) is 7.96. The number of hydrogen-bond acceptors (Lipinski definition) is 4. The number of carbonyl (C=O) groups is 1. The highest BCUT2D eigenvalue weighted by atomic mass is 32.2. The molecule has 0 aliphatic heterocycles. The summed E-state index contributed by atoms with van der Waals surface area (Å²) in [5.74, 6) is 0.739. The van der Waals surface area contributed by atoms with Crippen molar-refractivity contribution in [3.05, 3.63) is 65.7 Å². The second kappa shape index (κ2) is 10.2. The quantitative estimate of drug-likeness (QED) is 0.451. The summed E-state index contributed by atoms with van der Waals surface area (Å²) in [7, 11) is -1.88. The summed E-state index contributed by atoms with van der Waals surface area (Å²) in [6.07, 6.45) is 0. The van der Waals surface area contributed by atoms with Gasteiger partial charge in [-0.3, -0.25) is 0 Å². The summed E-state index contributed by atoms with van der Waals surface area (Å²) < 4.78 is 25.3. The largest absolute Gasteiger partial charge is 0.337 e. The van der Waals surface area contributed by atoms with Gasteiger partial charge in [-0.1, -0.05) is 42.5 Å². The molecule has 2 aromatic rings. The van der Waals surface area contributed by atoms with Crippen LogP contribution in [0.2, 0.25) is 0 Å². The lowest BCUT2D eigenvalue weighted by Gasteiger charge is -2.08. The maximum atomic E-state index is 11.8. The van der Waals surface area contributed by atoms with Crippen LogP contribution in [-0.4, -0.2) is 33.8 Å². The van der Waals surface area contributed by atoms with E-state index in [0.717, 1.165) is 11.3 Å². The molecule has 0 aromatic heterocycles. The van der Waals surface area contributed by atoms with E-state index >= 15 is 0 Å². The first-order valence-corrected chi connectivity index (χ1v) is 10.8. The van der Waals surface area contributed by atoms with Gasteiger partial charge in [0.05, 0.1) is 5.75 Å². The number of benzene rings is 2. The van der Waals surface area contributed by atoms with Crippen molar-refractivity contribution in [3.63, 3.8) is 0 Å². The van der Waals surface area contributed by atoms with Crippen molar-refractivity contribution in [2.75, 3.05) is 19.3 Å². The number of urea groups is 1. The van der Waals surface area contributed by atoms with Crippen LogP contribution in [0.5, 0.6) is 0 Å². The molecule has 0 fully saturated rings. The van der Waals surface area contributed by atoms with Gasteiger partial charge in [0.1, 0.15) is 0 Å². The van der Waals surface area contributed by atoms with Gasteiger partial charge in [-0.15, -0.1) is 11.8 Å². The fourth-order valence-corrected chi connectivity index (χ4v) is 3.70. The zero-order valence-electron chi connectivity index (χ0n) is 14.6. The van der Waals surface area contributed by atoms with Crippen molar-refractivity contribution in [3.8, 4) is 0 Å². The van der Waals surface area contributed by atoms with Gasteiger partial charge in [0, 0.05) is 23.7 Å². The van der Waals surface area contributed by atoms with E-state index in [9.17, 15) is 13.2 Å². The molecule has 0 unspecified atom stereocenters. The zero-order chi connectivity index (χ0) is 18.8. The standard InChI is InChI=1S/C18H23N3O3S2/c1-19-26(23,24)14-16-9-7-15(8-10-16)13-21-18(22)20-11-12-25-17-5-3-2-4-6-17/h2-10,19H,11-14H2,1H3,(H2,20,21,22). The third-order valence-corrected chi connectivity index (χ3v) is 5.89. The van der Waals surface area contributed by atoms with Crippen LogP contribution in [0.25, 0.3) is 0 Å². The molecule has 0 aliphatic rings. The number of thioether (sulfide) groups is 1. The predicted octanol–water partition coefficient (Wildman–Crippen LogP) is 2.33. The van der Waals surface area contributed by atoms with Crippen molar-refractivity contribution in [1.29, 1.82) is 0 Å². The predicted molar refractivity (Wildman–Crippen MR) is 106 cm³/mol. The number of carbonyl (C=O) groups excluding carboxylic acids is 1. The lowest BCUT2D eigenvalue weighted by Crippen LogP contribution is -2.36. The second-order valence-corrected chi connectivity index (χ2v) is 8.65. The maximum Gasteiger partial charge on any atom is 0.315 e. The van der Waals surface area contributed by atoms with E-state index in [1.54, 1.807) is 23.9 Å². The van der Waals surface area contributed by atoms with Crippen LogP contribution >= 0.6 is 11.8 Å². The van der Waals surface area contributed by atoms with Gasteiger partial charge >= 0.3 is 6.03 Å². The van der Waals surface area contributed by atoms with Crippen molar-refractivity contribution in [1.82, 2.24) is 15.4 Å². The van der Waals surface area contributed by atoms with Gasteiger partial charge in [0.2, 0.25) is 10.0 Å². The van der Waals surface area contributed by atoms with Crippen molar-refractivity contribution in [2.24, 2.45) is 0 Å². The second-order valence-electron chi connectivity index (χ2n) is 5.55. The van der Waals surface area contributed by atoms with E-state index in [1.807, 2.05) is 42.5 Å². The summed E-state index contributed by atoms with van der Waals surface area (Å²) in [4.78, 5) is 13.0. The Labute approximate surface area is 158 Å². The molecular weight excluding hydrogens is 370 g/mol. The van der Waals surface area contributed by atoms with Gasteiger partial charge < -0.3 is 10.6 Å². The first kappa shape index (κ1) is 20.3. The third kappa shape index (κ3) is 7.47. The SMILES string of the molecule is CNS(=O)(=O)Cc1ccc(CNC(=O)NCCSc2ccccc2)cc1. The Morgan fingerprint density at radius 3 is 2.27 bits per heavy atom. The Bertz CT molecular complexity index is 794. The van der Waals surface area contributed by atoms with Crippen LogP contribution in [0.1, 0.15) is 11.1 Å². The highest BCUT2D eigenvalue weighted by molar-refractivity contribution is 7.99. The third-order valence-electron chi connectivity index (χ3n) is 3.54. The van der Waals surface area contributed by atoms with Gasteiger partial charge in [0.25, 0.3) is 0 Å². The van der Waals surface area contributed by atoms with Crippen molar-refractivity contribution >= 4 is 27.8 Å². The van der Waals surface area contributed by atoms with Gasteiger partial charge in [0.15, 0.2) is 0 Å². The van der Waals surface area contributed by atoms with E-state index in [4.69, 9.17) is 0 Å². The van der Waals surface area contributed by atoms with Crippen LogP contribution in [0.3, 0.4) is 0 Å². The molecule has 0 bridgehead atoms. The summed E-state index contributed by atoms with van der Waals surface area (Å²) in [5.41, 5.74) is 1.61. The minimum Gasteiger partial charge on any atom is -0.337 e. The first-order valence-electron chi connectivity index (χ1n) is 8.17. The lowest BCUT2D eigenvalue weighted by atomic mass is 10.1. The molecule has 0 spiro atoms. The van der Waals surface area contributed by atoms with Crippen LogP contribution in [0, 0.1) is 0 Å². The average Bonchev–Trinajstić information content (AvgIpc) is 2.65. The summed E-state index contributed by atoms with van der Waals surface area (Å²) >= 11 is 1.69. The smallest absolute Gasteiger partial charge is 0.315 e. The molecule has 8 heteroatoms. The van der Waals surface area contributed by atoms with Crippen molar-refractivity contribution < 1.29 is 13.2 Å². The zero-order valence-corrected chi connectivity index (χ0v) is 16.2. The van der Waals surface area contributed by atoms with E-state index in [2.05, 4.69) is 15.4 Å². The number of amides is 2. The summed E-state index contributed by atoms with van der Waals surface area (Å²) in [6, 6.07) is 16.9. The minimum atomic E-state index is -3.28. The van der Waals surface area contributed by atoms with Gasteiger partial charge in [-0.05, 0) is 30.3 Å². The fourth-order valence-electron chi connectivity index (χ4n) is 2.14. The Morgan fingerprint density at radius 1 is 0.962 bits per heavy atom. The monoisotopic (exact) mass is 393 g/mol. The number of hydrogen-bond donors (Lipinski definition) is 3. The molecule has 0 aliphatic carbocycles. The summed E-state index contributed by atoms with van der Waals surface area (Å²) in [6.45, 7) is 0.961. The van der Waals surface area contributed by atoms with E-state index in [-0.39, 0.29) is 11.8 Å². The van der Waals surface area contributed by atoms with E-state index in [1.165, 1.54) is 11.9 Å². The molecule has 2 aromatic carbocycles. The molecule has 2 rings (SSSR count). The molecule has 140 valence electrons. The van der Waals surface area contributed by atoms with E-state index < -0.39 is 10.0 Å². The Morgan fingerprint density at radius 2 is 1.62 bits per heavy atom. The number of rotatable bonds is 9. The van der Waals surface area contributed by atoms with Crippen molar-refractivity contribution in [2.45, 2.75) is 17.2 Å². The lowest BCUT2D eigenvalue weighted by molar-refractivity contribution is 0.241. The first-order chi connectivity index (χ1) is 12.5. The molecule has 0 saturated heterocycles. The fraction of sp³-hybridized carbons (Fsp3) is 0.278.